The van der Waals surface area contributed by atoms with Crippen molar-refractivity contribution in [3.63, 3.8) is 0 Å². The van der Waals surface area contributed by atoms with Gasteiger partial charge >= 0.3 is 0 Å². The van der Waals surface area contributed by atoms with Gasteiger partial charge in [0, 0.05) is 24.2 Å². The lowest BCUT2D eigenvalue weighted by Gasteiger charge is -2.32. The quantitative estimate of drug-likeness (QED) is 0.553. The molecule has 26 heavy (non-hydrogen) atoms. The third-order valence-electron chi connectivity index (χ3n) is 6.10. The molecule has 0 radical (unpaired) electrons. The first-order chi connectivity index (χ1) is 12.8. The molecule has 1 aliphatic heterocycles. The van der Waals surface area contributed by atoms with Crippen LogP contribution in [0.4, 0.5) is 5.69 Å². The normalized spacial score (nSPS) is 24.1. The van der Waals surface area contributed by atoms with E-state index >= 15 is 0 Å². The van der Waals surface area contributed by atoms with E-state index in [-0.39, 0.29) is 0 Å². The van der Waals surface area contributed by atoms with Gasteiger partial charge in [-0.2, -0.15) is 0 Å². The summed E-state index contributed by atoms with van der Waals surface area (Å²) in [5.74, 6) is 2.42. The van der Waals surface area contributed by atoms with Crippen molar-refractivity contribution >= 4 is 5.69 Å². The van der Waals surface area contributed by atoms with Crippen LogP contribution >= 0.6 is 0 Å². The zero-order valence-electron chi connectivity index (χ0n) is 15.5. The maximum absolute atomic E-state index is 6.03. The lowest BCUT2D eigenvalue weighted by Crippen LogP contribution is -2.32. The first-order valence-electron chi connectivity index (χ1n) is 9.71. The second-order valence-corrected chi connectivity index (χ2v) is 7.53. The van der Waals surface area contributed by atoms with Gasteiger partial charge in [-0.05, 0) is 67.1 Å². The molecule has 2 aromatic carbocycles. The Morgan fingerprint density at radius 2 is 2.08 bits per heavy atom. The molecule has 4 rings (SSSR count). The van der Waals surface area contributed by atoms with Crippen LogP contribution in [-0.2, 0) is 13.0 Å². The fraction of sp³-hybridized carbons (Fsp3) is 0.455. The molecule has 0 bridgehead atoms. The molecule has 1 aliphatic carbocycles. The van der Waals surface area contributed by atoms with Gasteiger partial charge in [0.2, 0.25) is 0 Å². The largest absolute Gasteiger partial charge is 0.496 e. The van der Waals surface area contributed by atoms with Gasteiger partial charge in [-0.15, -0.1) is 0 Å². The van der Waals surface area contributed by atoms with Gasteiger partial charge in [-0.1, -0.05) is 30.3 Å². The van der Waals surface area contributed by atoms with E-state index in [4.69, 9.17) is 10.5 Å². The molecule has 0 spiro atoms. The summed E-state index contributed by atoms with van der Waals surface area (Å²) in [5, 5.41) is 7.35. The minimum absolute atomic E-state index is 0.534. The van der Waals surface area contributed by atoms with Crippen LogP contribution < -0.4 is 21.1 Å². The van der Waals surface area contributed by atoms with Crippen molar-refractivity contribution in [1.29, 1.82) is 0 Å². The zero-order valence-corrected chi connectivity index (χ0v) is 15.5. The van der Waals surface area contributed by atoms with E-state index in [0.717, 1.165) is 49.8 Å². The van der Waals surface area contributed by atoms with Gasteiger partial charge in [0.1, 0.15) is 5.75 Å². The van der Waals surface area contributed by atoms with Crippen LogP contribution in [-0.4, -0.2) is 26.2 Å². The molecule has 3 atom stereocenters. The second kappa shape index (κ2) is 7.68. The molecule has 4 N–H and O–H groups in total. The number of methoxy groups -OCH3 is 1. The Morgan fingerprint density at radius 1 is 1.19 bits per heavy atom. The van der Waals surface area contributed by atoms with E-state index in [1.165, 1.54) is 23.1 Å². The van der Waals surface area contributed by atoms with E-state index < -0.39 is 0 Å². The van der Waals surface area contributed by atoms with Crippen LogP contribution in [0.1, 0.15) is 35.4 Å². The van der Waals surface area contributed by atoms with Gasteiger partial charge in [-0.25, -0.2) is 0 Å². The molecule has 0 saturated carbocycles. The Labute approximate surface area is 156 Å². The molecule has 1 fully saturated rings. The number of nitrogens with one attached hydrogen (secondary N) is 2. The van der Waals surface area contributed by atoms with Crippen LogP contribution in [0.3, 0.4) is 0 Å². The first kappa shape index (κ1) is 17.4. The first-order valence-corrected chi connectivity index (χ1v) is 9.71. The summed E-state index contributed by atoms with van der Waals surface area (Å²) in [7, 11) is 1.78. The predicted octanol–water partition coefficient (Wildman–Crippen LogP) is 3.08. The number of nitrogens with two attached hydrogens (primary N) is 1. The molecule has 1 heterocycles. The fourth-order valence-electron chi connectivity index (χ4n) is 4.78. The summed E-state index contributed by atoms with van der Waals surface area (Å²) in [6, 6.07) is 15.2. The molecule has 2 aromatic rings. The molecule has 0 aromatic heterocycles. The minimum atomic E-state index is 0.534. The SMILES string of the molecule is COc1cccc2c1CC[C@H]1CNC(CCNCc3ccccc3N)[C@@H]21. The Morgan fingerprint density at radius 3 is 2.92 bits per heavy atom. The molecule has 0 amide bonds. The fourth-order valence-corrected chi connectivity index (χ4v) is 4.78. The number of ether oxygens (including phenoxy) is 1. The van der Waals surface area contributed by atoms with Crippen molar-refractivity contribution in [2.45, 2.75) is 37.8 Å². The summed E-state index contributed by atoms with van der Waals surface area (Å²) in [6.45, 7) is 2.96. The highest BCUT2D eigenvalue weighted by molar-refractivity contribution is 5.46. The van der Waals surface area contributed by atoms with E-state index in [1.54, 1.807) is 7.11 Å². The van der Waals surface area contributed by atoms with Crippen molar-refractivity contribution in [2.24, 2.45) is 5.92 Å². The number of para-hydroxylation sites is 1. The van der Waals surface area contributed by atoms with Gasteiger partial charge in [0.05, 0.1) is 7.11 Å². The van der Waals surface area contributed by atoms with Gasteiger partial charge in [0.15, 0.2) is 0 Å². The summed E-state index contributed by atoms with van der Waals surface area (Å²) >= 11 is 0. The molecule has 4 nitrogen and oxygen atoms in total. The third-order valence-corrected chi connectivity index (χ3v) is 6.10. The number of fused-ring (bicyclic) bond motifs is 3. The van der Waals surface area contributed by atoms with Crippen molar-refractivity contribution in [3.05, 3.63) is 59.2 Å². The van der Waals surface area contributed by atoms with E-state index in [2.05, 4.69) is 34.9 Å². The van der Waals surface area contributed by atoms with Crippen molar-refractivity contribution < 1.29 is 4.74 Å². The molecule has 1 saturated heterocycles. The summed E-state index contributed by atoms with van der Waals surface area (Å²) in [5.41, 5.74) is 11.0. The number of benzene rings is 2. The average Bonchev–Trinajstić information content (AvgIpc) is 3.09. The summed E-state index contributed by atoms with van der Waals surface area (Å²) in [6.07, 6.45) is 3.53. The van der Waals surface area contributed by atoms with Gasteiger partial charge < -0.3 is 21.1 Å². The van der Waals surface area contributed by atoms with Crippen LogP contribution in [0.5, 0.6) is 5.75 Å². The monoisotopic (exact) mass is 351 g/mol. The number of hydrogen-bond acceptors (Lipinski definition) is 4. The Bertz CT molecular complexity index is 761. The van der Waals surface area contributed by atoms with Gasteiger partial charge in [-0.3, -0.25) is 0 Å². The van der Waals surface area contributed by atoms with E-state index in [9.17, 15) is 0 Å². The van der Waals surface area contributed by atoms with Crippen molar-refractivity contribution in [1.82, 2.24) is 10.6 Å². The smallest absolute Gasteiger partial charge is 0.122 e. The number of anilines is 1. The number of rotatable bonds is 6. The van der Waals surface area contributed by atoms with Crippen molar-refractivity contribution in [3.8, 4) is 5.75 Å². The number of nitrogen functional groups attached to an aromatic ring is 1. The van der Waals surface area contributed by atoms with E-state index in [1.807, 2.05) is 18.2 Å². The van der Waals surface area contributed by atoms with Crippen LogP contribution in [0.2, 0.25) is 0 Å². The van der Waals surface area contributed by atoms with Gasteiger partial charge in [0.25, 0.3) is 0 Å². The highest BCUT2D eigenvalue weighted by Gasteiger charge is 2.40. The lowest BCUT2D eigenvalue weighted by atomic mass is 9.73. The minimum Gasteiger partial charge on any atom is -0.496 e. The van der Waals surface area contributed by atoms with Crippen LogP contribution in [0, 0.1) is 5.92 Å². The molecule has 1 unspecified atom stereocenters. The van der Waals surface area contributed by atoms with Crippen molar-refractivity contribution in [2.75, 3.05) is 25.9 Å². The topological polar surface area (TPSA) is 59.3 Å². The standard InChI is InChI=1S/C22H29N3O/c1-26-21-8-4-6-18-17(21)10-9-16-14-25-20(22(16)18)11-12-24-13-15-5-2-3-7-19(15)23/h2-8,16,20,22,24-25H,9-14,23H2,1H3/t16-,20?,22+/m0/s1. The Kier molecular flexibility index (Phi) is 5.14. The maximum Gasteiger partial charge on any atom is 0.122 e. The Hall–Kier alpha value is -2.04. The lowest BCUT2D eigenvalue weighted by molar-refractivity contribution is 0.375. The molecular weight excluding hydrogens is 322 g/mol. The van der Waals surface area contributed by atoms with E-state index in [0.29, 0.717) is 12.0 Å². The highest BCUT2D eigenvalue weighted by Crippen LogP contribution is 2.44. The molecule has 138 valence electrons. The molecular formula is C22H29N3O. The maximum atomic E-state index is 6.03. The number of hydrogen-bond donors (Lipinski definition) is 3. The average molecular weight is 351 g/mol. The molecule has 2 aliphatic rings. The summed E-state index contributed by atoms with van der Waals surface area (Å²) in [4.78, 5) is 0. The zero-order chi connectivity index (χ0) is 17.9. The predicted molar refractivity (Wildman–Crippen MR) is 107 cm³/mol. The highest BCUT2D eigenvalue weighted by atomic mass is 16.5. The second-order valence-electron chi connectivity index (χ2n) is 7.53. The van der Waals surface area contributed by atoms with Crippen LogP contribution in [0.25, 0.3) is 0 Å². The van der Waals surface area contributed by atoms with Crippen LogP contribution in [0.15, 0.2) is 42.5 Å². The third kappa shape index (κ3) is 3.31. The Balaban J connectivity index is 1.39. The summed E-state index contributed by atoms with van der Waals surface area (Å²) < 4.78 is 5.61. The molecule has 4 heteroatoms.